The van der Waals surface area contributed by atoms with Crippen LogP contribution in [-0.2, 0) is 4.74 Å². The van der Waals surface area contributed by atoms with E-state index in [2.05, 4.69) is 32.1 Å². The first kappa shape index (κ1) is 13.6. The van der Waals surface area contributed by atoms with Crippen LogP contribution in [0.3, 0.4) is 0 Å². The monoisotopic (exact) mass is 256 g/mol. The highest BCUT2D eigenvalue weighted by Gasteiger charge is 2.26. The van der Waals surface area contributed by atoms with Gasteiger partial charge in [0.15, 0.2) is 0 Å². The number of hydrogen-bond acceptors (Lipinski definition) is 2. The van der Waals surface area contributed by atoms with Crippen molar-refractivity contribution in [2.24, 2.45) is 5.41 Å². The van der Waals surface area contributed by atoms with Gasteiger partial charge in [0.1, 0.15) is 0 Å². The number of carbonyl (C=O) groups is 1. The first-order valence-electron chi connectivity index (χ1n) is 6.68. The molecule has 0 saturated carbocycles. The maximum Gasteiger partial charge on any atom is 0.338 e. The Morgan fingerprint density at radius 3 is 2.74 bits per heavy atom. The maximum atomic E-state index is 11.8. The Kier molecular flexibility index (Phi) is 4.20. The Labute approximate surface area is 114 Å². The van der Waals surface area contributed by atoms with Crippen molar-refractivity contribution in [2.75, 3.05) is 6.61 Å². The molecule has 1 unspecified atom stereocenters. The average Bonchev–Trinajstić information content (AvgIpc) is 2.43. The van der Waals surface area contributed by atoms with Crippen LogP contribution in [0.25, 0.3) is 0 Å². The number of esters is 1. The van der Waals surface area contributed by atoms with Crippen molar-refractivity contribution in [3.05, 3.63) is 59.7 Å². The van der Waals surface area contributed by atoms with Gasteiger partial charge in [0.05, 0.1) is 12.2 Å². The standard InChI is InChI=1S/C17H20O2/c1-14-8-6-7-11-17(14,2)12-13-19-16(18)15-9-4-3-5-10-15/h3-10H,11-13H2,1-2H3. The number of benzene rings is 1. The van der Waals surface area contributed by atoms with Crippen LogP contribution in [0.1, 0.15) is 37.0 Å². The average molecular weight is 256 g/mol. The number of carbonyl (C=O) groups excluding carboxylic acids is 1. The van der Waals surface area contributed by atoms with E-state index in [0.717, 1.165) is 12.8 Å². The molecule has 1 aromatic rings. The highest BCUT2D eigenvalue weighted by Crippen LogP contribution is 2.37. The van der Waals surface area contributed by atoms with Gasteiger partial charge in [0.25, 0.3) is 0 Å². The molecule has 0 N–H and O–H groups in total. The van der Waals surface area contributed by atoms with Gasteiger partial charge in [-0.05, 0) is 37.3 Å². The molecular weight excluding hydrogens is 236 g/mol. The van der Waals surface area contributed by atoms with Crippen molar-refractivity contribution in [2.45, 2.75) is 26.7 Å². The minimum absolute atomic E-state index is 0.117. The van der Waals surface area contributed by atoms with E-state index < -0.39 is 0 Å². The molecule has 0 aliphatic heterocycles. The highest BCUT2D eigenvalue weighted by atomic mass is 16.5. The van der Waals surface area contributed by atoms with Crippen LogP contribution < -0.4 is 0 Å². The van der Waals surface area contributed by atoms with Crippen molar-refractivity contribution in [1.82, 2.24) is 0 Å². The summed E-state index contributed by atoms with van der Waals surface area (Å²) in [4.78, 5) is 11.8. The van der Waals surface area contributed by atoms with Crippen LogP contribution in [0, 0.1) is 5.41 Å². The summed E-state index contributed by atoms with van der Waals surface area (Å²) in [6, 6.07) is 9.13. The van der Waals surface area contributed by atoms with Crippen LogP contribution >= 0.6 is 0 Å². The van der Waals surface area contributed by atoms with Crippen molar-refractivity contribution in [3.63, 3.8) is 0 Å². The quantitative estimate of drug-likeness (QED) is 0.757. The largest absolute Gasteiger partial charge is 0.462 e. The molecule has 100 valence electrons. The van der Waals surface area contributed by atoms with E-state index in [1.165, 1.54) is 5.57 Å². The molecule has 19 heavy (non-hydrogen) atoms. The topological polar surface area (TPSA) is 26.3 Å². The summed E-state index contributed by atoms with van der Waals surface area (Å²) in [6.07, 6.45) is 8.28. The maximum absolute atomic E-state index is 11.8. The molecule has 0 bridgehead atoms. The van der Waals surface area contributed by atoms with Crippen LogP contribution in [0.15, 0.2) is 54.1 Å². The summed E-state index contributed by atoms with van der Waals surface area (Å²) in [5.41, 5.74) is 2.08. The smallest absolute Gasteiger partial charge is 0.338 e. The molecule has 0 radical (unpaired) electrons. The Bertz CT molecular complexity index is 499. The van der Waals surface area contributed by atoms with Gasteiger partial charge >= 0.3 is 5.97 Å². The molecule has 0 saturated heterocycles. The summed E-state index contributed by atoms with van der Waals surface area (Å²) in [5.74, 6) is -0.239. The second-order valence-electron chi connectivity index (χ2n) is 5.29. The molecule has 2 rings (SSSR count). The minimum Gasteiger partial charge on any atom is -0.462 e. The fraction of sp³-hybridized carbons (Fsp3) is 0.353. The second-order valence-corrected chi connectivity index (χ2v) is 5.29. The fourth-order valence-electron chi connectivity index (χ4n) is 2.23. The molecule has 0 fully saturated rings. The first-order valence-corrected chi connectivity index (χ1v) is 6.68. The number of ether oxygens (including phenoxy) is 1. The van der Waals surface area contributed by atoms with Crippen molar-refractivity contribution < 1.29 is 9.53 Å². The molecule has 0 spiro atoms. The summed E-state index contributed by atoms with van der Waals surface area (Å²) in [5, 5.41) is 0. The number of hydrogen-bond donors (Lipinski definition) is 0. The van der Waals surface area contributed by atoms with Gasteiger partial charge in [-0.25, -0.2) is 4.79 Å². The summed E-state index contributed by atoms with van der Waals surface area (Å²) >= 11 is 0. The number of allylic oxidation sites excluding steroid dienone is 4. The predicted molar refractivity (Wildman–Crippen MR) is 77.0 cm³/mol. The fourth-order valence-corrected chi connectivity index (χ4v) is 2.23. The first-order chi connectivity index (χ1) is 9.12. The van der Waals surface area contributed by atoms with Gasteiger partial charge in [-0.15, -0.1) is 0 Å². The third kappa shape index (κ3) is 3.34. The molecule has 2 heteroatoms. The van der Waals surface area contributed by atoms with E-state index in [-0.39, 0.29) is 11.4 Å². The van der Waals surface area contributed by atoms with Gasteiger partial charge in [-0.2, -0.15) is 0 Å². The lowest BCUT2D eigenvalue weighted by Gasteiger charge is -2.31. The summed E-state index contributed by atoms with van der Waals surface area (Å²) in [6.45, 7) is 4.82. The Morgan fingerprint density at radius 2 is 2.05 bits per heavy atom. The molecule has 0 aromatic heterocycles. The predicted octanol–water partition coefficient (Wildman–Crippen LogP) is 4.15. The van der Waals surface area contributed by atoms with Gasteiger partial charge in [0.2, 0.25) is 0 Å². The number of rotatable bonds is 4. The Hall–Kier alpha value is -1.83. The van der Waals surface area contributed by atoms with E-state index in [4.69, 9.17) is 4.74 Å². The van der Waals surface area contributed by atoms with E-state index in [9.17, 15) is 4.79 Å². The minimum atomic E-state index is -0.239. The second kappa shape index (κ2) is 5.87. The Morgan fingerprint density at radius 1 is 1.32 bits per heavy atom. The molecular formula is C17H20O2. The van der Waals surface area contributed by atoms with Crippen molar-refractivity contribution >= 4 is 5.97 Å². The van der Waals surface area contributed by atoms with Gasteiger partial charge in [-0.3, -0.25) is 0 Å². The zero-order valence-electron chi connectivity index (χ0n) is 11.6. The Balaban J connectivity index is 1.86. The van der Waals surface area contributed by atoms with Crippen molar-refractivity contribution in [3.8, 4) is 0 Å². The van der Waals surface area contributed by atoms with Gasteiger partial charge in [-0.1, -0.05) is 48.9 Å². The van der Waals surface area contributed by atoms with Crippen LogP contribution in [-0.4, -0.2) is 12.6 Å². The van der Waals surface area contributed by atoms with Crippen molar-refractivity contribution in [1.29, 1.82) is 0 Å². The highest BCUT2D eigenvalue weighted by molar-refractivity contribution is 5.89. The van der Waals surface area contributed by atoms with Crippen LogP contribution in [0.4, 0.5) is 0 Å². The van der Waals surface area contributed by atoms with E-state index >= 15 is 0 Å². The molecule has 1 atom stereocenters. The van der Waals surface area contributed by atoms with E-state index in [1.54, 1.807) is 12.1 Å². The molecule has 2 nitrogen and oxygen atoms in total. The SMILES string of the molecule is CC1=CC=CCC1(C)CCOC(=O)c1ccccc1. The summed E-state index contributed by atoms with van der Waals surface area (Å²) < 4.78 is 5.35. The van der Waals surface area contributed by atoms with Gasteiger partial charge in [0, 0.05) is 0 Å². The van der Waals surface area contributed by atoms with E-state index in [1.807, 2.05) is 18.2 Å². The van der Waals surface area contributed by atoms with Gasteiger partial charge < -0.3 is 4.74 Å². The molecule has 1 aromatic carbocycles. The van der Waals surface area contributed by atoms with Crippen LogP contribution in [0.2, 0.25) is 0 Å². The lowest BCUT2D eigenvalue weighted by molar-refractivity contribution is 0.0464. The molecule has 0 heterocycles. The summed E-state index contributed by atoms with van der Waals surface area (Å²) in [7, 11) is 0. The molecule has 1 aliphatic rings. The lowest BCUT2D eigenvalue weighted by atomic mass is 9.75. The van der Waals surface area contributed by atoms with E-state index in [0.29, 0.717) is 12.2 Å². The molecule has 0 amide bonds. The third-order valence-corrected chi connectivity index (χ3v) is 3.90. The zero-order valence-corrected chi connectivity index (χ0v) is 11.6. The molecule has 1 aliphatic carbocycles. The van der Waals surface area contributed by atoms with Crippen LogP contribution in [0.5, 0.6) is 0 Å². The zero-order chi connectivity index (χ0) is 13.7. The lowest BCUT2D eigenvalue weighted by Crippen LogP contribution is -2.22. The third-order valence-electron chi connectivity index (χ3n) is 3.90. The normalized spacial score (nSPS) is 21.9.